The van der Waals surface area contributed by atoms with E-state index in [9.17, 15) is 4.79 Å². The minimum Gasteiger partial charge on any atom is -0.436 e. The van der Waals surface area contributed by atoms with Crippen LogP contribution in [0, 0.1) is 26.7 Å². The number of carbonyl (C=O) groups is 1. The average Bonchev–Trinajstić information content (AvgIpc) is 3.12. The standard InChI is InChI=1S/C23H32N4O2/c1-16-5-4-6-21(17(16)2)27-11-9-26(10-12-27)8-7-19-13-20(14-19)25-23(28)22-15-24-18(3)29-22/h4-6,15,19-20H,7-14H2,1-3H3,(H,25,28). The van der Waals surface area contributed by atoms with Crippen LogP contribution in [0.15, 0.2) is 28.8 Å². The lowest BCUT2D eigenvalue weighted by molar-refractivity contribution is 0.0848. The molecule has 0 spiro atoms. The fourth-order valence-corrected chi connectivity index (χ4v) is 4.47. The van der Waals surface area contributed by atoms with Crippen LogP contribution in [0.4, 0.5) is 5.69 Å². The molecule has 6 heteroatoms. The van der Waals surface area contributed by atoms with E-state index in [-0.39, 0.29) is 11.9 Å². The quantitative estimate of drug-likeness (QED) is 0.812. The first-order valence-corrected chi connectivity index (χ1v) is 10.8. The van der Waals surface area contributed by atoms with Gasteiger partial charge in [-0.25, -0.2) is 4.98 Å². The molecule has 29 heavy (non-hydrogen) atoms. The predicted octanol–water partition coefficient (Wildman–Crippen LogP) is 3.32. The topological polar surface area (TPSA) is 61.6 Å². The van der Waals surface area contributed by atoms with Gasteiger partial charge in [0.05, 0.1) is 6.20 Å². The summed E-state index contributed by atoms with van der Waals surface area (Å²) in [6, 6.07) is 6.88. The highest BCUT2D eigenvalue weighted by atomic mass is 16.4. The molecule has 6 nitrogen and oxygen atoms in total. The number of hydrogen-bond donors (Lipinski definition) is 1. The number of aryl methyl sites for hydroxylation is 2. The van der Waals surface area contributed by atoms with Crippen molar-refractivity contribution >= 4 is 11.6 Å². The van der Waals surface area contributed by atoms with Crippen molar-refractivity contribution in [1.82, 2.24) is 15.2 Å². The molecule has 156 valence electrons. The lowest BCUT2D eigenvalue weighted by Crippen LogP contribution is -2.48. The van der Waals surface area contributed by atoms with Gasteiger partial charge >= 0.3 is 0 Å². The Morgan fingerprint density at radius 3 is 2.62 bits per heavy atom. The fraction of sp³-hybridized carbons (Fsp3) is 0.565. The van der Waals surface area contributed by atoms with E-state index < -0.39 is 0 Å². The molecule has 0 atom stereocenters. The summed E-state index contributed by atoms with van der Waals surface area (Å²) in [6.45, 7) is 11.8. The largest absolute Gasteiger partial charge is 0.436 e. The van der Waals surface area contributed by atoms with Crippen molar-refractivity contribution in [1.29, 1.82) is 0 Å². The number of hydrogen-bond acceptors (Lipinski definition) is 5. The zero-order chi connectivity index (χ0) is 20.4. The third-order valence-corrected chi connectivity index (χ3v) is 6.56. The predicted molar refractivity (Wildman–Crippen MR) is 114 cm³/mol. The van der Waals surface area contributed by atoms with E-state index in [2.05, 4.69) is 52.1 Å². The van der Waals surface area contributed by atoms with E-state index in [1.165, 1.54) is 29.4 Å². The molecule has 0 unspecified atom stereocenters. The third kappa shape index (κ3) is 4.64. The number of nitrogens with one attached hydrogen (secondary N) is 1. The van der Waals surface area contributed by atoms with Crippen LogP contribution in [0.2, 0.25) is 0 Å². The zero-order valence-corrected chi connectivity index (χ0v) is 17.8. The maximum atomic E-state index is 12.1. The smallest absolute Gasteiger partial charge is 0.288 e. The molecule has 4 rings (SSSR count). The summed E-state index contributed by atoms with van der Waals surface area (Å²) in [6.07, 6.45) is 4.86. The maximum absolute atomic E-state index is 12.1. The van der Waals surface area contributed by atoms with Crippen molar-refractivity contribution in [3.63, 3.8) is 0 Å². The van der Waals surface area contributed by atoms with Crippen molar-refractivity contribution in [2.45, 2.75) is 46.1 Å². The Bertz CT molecular complexity index is 848. The van der Waals surface area contributed by atoms with Crippen molar-refractivity contribution in [3.05, 3.63) is 47.2 Å². The van der Waals surface area contributed by atoms with Crippen LogP contribution in [0.3, 0.4) is 0 Å². The van der Waals surface area contributed by atoms with E-state index in [0.29, 0.717) is 17.6 Å². The van der Waals surface area contributed by atoms with Crippen molar-refractivity contribution in [2.75, 3.05) is 37.6 Å². The minimum atomic E-state index is -0.142. The van der Waals surface area contributed by atoms with E-state index >= 15 is 0 Å². The average molecular weight is 397 g/mol. The molecular weight excluding hydrogens is 364 g/mol. The zero-order valence-electron chi connectivity index (χ0n) is 17.8. The minimum absolute atomic E-state index is 0.142. The van der Waals surface area contributed by atoms with Crippen LogP contribution in [0.5, 0.6) is 0 Å². The van der Waals surface area contributed by atoms with E-state index in [1.54, 1.807) is 6.92 Å². The molecule has 2 fully saturated rings. The second-order valence-electron chi connectivity index (χ2n) is 8.59. The highest BCUT2D eigenvalue weighted by molar-refractivity contribution is 5.91. The summed E-state index contributed by atoms with van der Waals surface area (Å²) < 4.78 is 5.29. The third-order valence-electron chi connectivity index (χ3n) is 6.56. The summed E-state index contributed by atoms with van der Waals surface area (Å²) in [4.78, 5) is 21.2. The van der Waals surface area contributed by atoms with Gasteiger partial charge in [0.1, 0.15) is 0 Å². The van der Waals surface area contributed by atoms with Crippen molar-refractivity contribution < 1.29 is 9.21 Å². The molecule has 1 aliphatic carbocycles. The van der Waals surface area contributed by atoms with E-state index in [0.717, 1.165) is 45.6 Å². The normalized spacial score (nSPS) is 22.4. The Hall–Kier alpha value is -2.34. The number of rotatable bonds is 6. The van der Waals surface area contributed by atoms with Gasteiger partial charge in [0.25, 0.3) is 5.91 Å². The summed E-state index contributed by atoms with van der Waals surface area (Å²) in [7, 11) is 0. The number of aromatic nitrogens is 1. The van der Waals surface area contributed by atoms with Gasteiger partial charge in [0, 0.05) is 44.8 Å². The second kappa shape index (κ2) is 8.57. The van der Waals surface area contributed by atoms with Gasteiger partial charge in [-0.05, 0) is 62.8 Å². The molecule has 0 bridgehead atoms. The van der Waals surface area contributed by atoms with Crippen LogP contribution in [-0.4, -0.2) is 54.6 Å². The number of benzene rings is 1. The highest BCUT2D eigenvalue weighted by Crippen LogP contribution is 2.31. The Morgan fingerprint density at radius 1 is 1.17 bits per heavy atom. The molecule has 2 aromatic rings. The molecule has 1 N–H and O–H groups in total. The van der Waals surface area contributed by atoms with Crippen molar-refractivity contribution in [2.24, 2.45) is 5.92 Å². The van der Waals surface area contributed by atoms with Crippen LogP contribution in [0.25, 0.3) is 0 Å². The van der Waals surface area contributed by atoms with Gasteiger partial charge in [0.15, 0.2) is 5.89 Å². The summed E-state index contributed by atoms with van der Waals surface area (Å²) >= 11 is 0. The molecular formula is C23H32N4O2. The van der Waals surface area contributed by atoms with E-state index in [1.807, 2.05) is 0 Å². The number of carbonyl (C=O) groups excluding carboxylic acids is 1. The van der Waals surface area contributed by atoms with Gasteiger partial charge in [-0.1, -0.05) is 12.1 Å². The second-order valence-corrected chi connectivity index (χ2v) is 8.59. The number of oxazole rings is 1. The molecule has 1 aromatic carbocycles. The molecule has 1 aromatic heterocycles. The molecule has 2 aliphatic rings. The van der Waals surface area contributed by atoms with Crippen molar-refractivity contribution in [3.8, 4) is 0 Å². The van der Waals surface area contributed by atoms with Gasteiger partial charge in [-0.2, -0.15) is 0 Å². The highest BCUT2D eigenvalue weighted by Gasteiger charge is 2.31. The molecule has 1 saturated carbocycles. The van der Waals surface area contributed by atoms with Crippen LogP contribution >= 0.6 is 0 Å². The van der Waals surface area contributed by atoms with E-state index in [4.69, 9.17) is 4.42 Å². The molecule has 1 amide bonds. The maximum Gasteiger partial charge on any atom is 0.288 e. The lowest BCUT2D eigenvalue weighted by Gasteiger charge is -2.40. The lowest BCUT2D eigenvalue weighted by atomic mass is 9.78. The number of amides is 1. The Kier molecular flexibility index (Phi) is 5.90. The van der Waals surface area contributed by atoms with Crippen LogP contribution in [0.1, 0.15) is 46.8 Å². The number of nitrogens with zero attached hydrogens (tertiary/aromatic N) is 3. The van der Waals surface area contributed by atoms with Gasteiger partial charge in [-0.3, -0.25) is 9.69 Å². The summed E-state index contributed by atoms with van der Waals surface area (Å²) in [5, 5.41) is 3.05. The van der Waals surface area contributed by atoms with Gasteiger partial charge in [0.2, 0.25) is 5.76 Å². The van der Waals surface area contributed by atoms with Gasteiger partial charge < -0.3 is 14.6 Å². The molecule has 1 aliphatic heterocycles. The molecule has 1 saturated heterocycles. The Labute approximate surface area is 173 Å². The first-order valence-electron chi connectivity index (χ1n) is 10.8. The fourth-order valence-electron chi connectivity index (χ4n) is 4.47. The Balaban J connectivity index is 1.15. The summed E-state index contributed by atoms with van der Waals surface area (Å²) in [5.74, 6) is 1.41. The molecule has 2 heterocycles. The van der Waals surface area contributed by atoms with Crippen LogP contribution < -0.4 is 10.2 Å². The number of piperazine rings is 1. The Morgan fingerprint density at radius 2 is 1.93 bits per heavy atom. The molecule has 0 radical (unpaired) electrons. The first-order chi connectivity index (χ1) is 14.0. The SMILES string of the molecule is Cc1ncc(C(=O)NC2CC(CCN3CCN(c4cccc(C)c4C)CC3)C2)o1. The van der Waals surface area contributed by atoms with Gasteiger partial charge in [-0.15, -0.1) is 0 Å². The first kappa shape index (κ1) is 20.0. The monoisotopic (exact) mass is 396 g/mol. The van der Waals surface area contributed by atoms with Crippen LogP contribution in [-0.2, 0) is 0 Å². The summed E-state index contributed by atoms with van der Waals surface area (Å²) in [5.41, 5.74) is 4.17. The number of anilines is 1.